The fourth-order valence-corrected chi connectivity index (χ4v) is 7.11. The van der Waals surface area contributed by atoms with Crippen LogP contribution in [0.4, 0.5) is 39.8 Å². The highest BCUT2D eigenvalue weighted by molar-refractivity contribution is 7.95. The summed E-state index contributed by atoms with van der Waals surface area (Å²) >= 11 is 0.647. The molecule has 0 bridgehead atoms. The second kappa shape index (κ2) is 17.9. The monoisotopic (exact) mass is 865 g/mol. The topological polar surface area (TPSA) is 347 Å². The van der Waals surface area contributed by atoms with Crippen LogP contribution in [0.1, 0.15) is 20.7 Å². The van der Waals surface area contributed by atoms with E-state index >= 15 is 0 Å². The van der Waals surface area contributed by atoms with Gasteiger partial charge in [-0.25, -0.2) is 20.1 Å². The van der Waals surface area contributed by atoms with Gasteiger partial charge >= 0.3 is 11.9 Å². The van der Waals surface area contributed by atoms with Crippen LogP contribution in [0, 0.1) is 0 Å². The minimum absolute atomic E-state index is 0.0197. The largest absolute Gasteiger partial charge is 0.505 e. The summed E-state index contributed by atoms with van der Waals surface area (Å²) in [7, 11) is -5.09. The first-order valence-corrected chi connectivity index (χ1v) is 18.7. The Bertz CT molecular complexity index is 2860. The number of hydrogen-bond acceptors (Lipinski definition) is 21. The number of aromatic carboxylic acids is 2. The number of aromatic hydroxyl groups is 2. The second-order valence-corrected chi connectivity index (χ2v) is 14.3. The van der Waals surface area contributed by atoms with Crippen molar-refractivity contribution >= 4 is 107 Å². The predicted molar refractivity (Wildman–Crippen MR) is 206 cm³/mol. The summed E-state index contributed by atoms with van der Waals surface area (Å²) in [6.07, 6.45) is 0. The maximum Gasteiger partial charge on any atom is 0.337 e. The number of phenolic OH excluding ortho intramolecular Hbond substituents is 2. The van der Waals surface area contributed by atoms with Gasteiger partial charge in [0, 0.05) is 10.8 Å². The summed E-state index contributed by atoms with van der Waals surface area (Å²) in [5.41, 5.74) is 4.38. The van der Waals surface area contributed by atoms with E-state index in [2.05, 4.69) is 49.4 Å². The maximum atomic E-state index is 12.6. The molecular weight excluding hydrogens is 843 g/mol. The van der Waals surface area contributed by atoms with Crippen LogP contribution < -0.4 is 5.73 Å². The number of anilines is 1. The highest BCUT2D eigenvalue weighted by Gasteiger charge is 2.26. The number of carbonyl (C=O) groups is 2. The Morgan fingerprint density at radius 3 is 1.73 bits per heavy atom. The molecule has 25 heteroatoms. The molecule has 0 aromatic heterocycles. The summed E-state index contributed by atoms with van der Waals surface area (Å²) in [6.45, 7) is 0. The number of hydrogen-bond donors (Lipinski definition) is 8. The lowest BCUT2D eigenvalue weighted by Gasteiger charge is -2.14. The minimum atomic E-state index is -5.09. The molecule has 0 aliphatic heterocycles. The molecule has 0 aliphatic rings. The molecule has 0 unspecified atom stereocenters. The van der Waals surface area contributed by atoms with Crippen LogP contribution in [0.3, 0.4) is 0 Å². The molecule has 0 radical (unpaired) electrons. The quantitative estimate of drug-likeness (QED) is 0.0119. The predicted octanol–water partition coefficient (Wildman–Crippen LogP) is 9.73. The molecular formula is C34H23N7O15S3. The smallest absolute Gasteiger partial charge is 0.337 e. The number of carboxylic acids is 2. The fourth-order valence-electron chi connectivity index (χ4n) is 5.43. The van der Waals surface area contributed by atoms with Crippen LogP contribution in [0.5, 0.6) is 11.5 Å². The lowest BCUT2D eigenvalue weighted by Crippen LogP contribution is -2.02. The van der Waals surface area contributed by atoms with E-state index in [0.29, 0.717) is 12.0 Å². The van der Waals surface area contributed by atoms with Crippen molar-refractivity contribution in [1.82, 2.24) is 0 Å². The van der Waals surface area contributed by atoms with Crippen molar-refractivity contribution in [2.75, 3.05) is 5.73 Å². The highest BCUT2D eigenvalue weighted by Crippen LogP contribution is 2.50. The number of nitrogen functional groups attached to an aromatic ring is 1. The van der Waals surface area contributed by atoms with Crippen molar-refractivity contribution in [2.24, 2.45) is 30.7 Å². The van der Waals surface area contributed by atoms with Crippen LogP contribution in [-0.2, 0) is 28.9 Å². The lowest BCUT2D eigenvalue weighted by molar-refractivity contribution is -0.432. The summed E-state index contributed by atoms with van der Waals surface area (Å²) in [5.74, 6) is -3.90. The van der Waals surface area contributed by atoms with Gasteiger partial charge in [0.2, 0.25) is 0 Å². The van der Waals surface area contributed by atoms with Crippen LogP contribution in [0.2, 0.25) is 0 Å². The zero-order chi connectivity index (χ0) is 42.4. The van der Waals surface area contributed by atoms with Gasteiger partial charge < -0.3 is 26.2 Å². The SMILES string of the molecule is Nc1c(N=Nc2ccccc2C(=O)O)cc(S(=O)(=O)O)c2cc(SOOO)c(N=Nc3ccc4c(O)c(N=Nc5ccccc5C(=O)O)c(SOOO)cc4c3)c(O)c12. The van der Waals surface area contributed by atoms with E-state index in [9.17, 15) is 43.0 Å². The summed E-state index contributed by atoms with van der Waals surface area (Å²) < 4.78 is 44.4. The third kappa shape index (κ3) is 9.08. The molecule has 6 aromatic rings. The summed E-state index contributed by atoms with van der Waals surface area (Å²) in [4.78, 5) is 22.3. The van der Waals surface area contributed by atoms with E-state index in [1.165, 1.54) is 72.8 Å². The van der Waals surface area contributed by atoms with Crippen molar-refractivity contribution in [2.45, 2.75) is 14.7 Å². The van der Waals surface area contributed by atoms with E-state index in [1.807, 2.05) is 0 Å². The first kappa shape index (κ1) is 42.0. The van der Waals surface area contributed by atoms with Crippen molar-refractivity contribution in [3.63, 3.8) is 0 Å². The molecule has 302 valence electrons. The van der Waals surface area contributed by atoms with Crippen molar-refractivity contribution in [1.29, 1.82) is 0 Å². The Morgan fingerprint density at radius 2 is 1.15 bits per heavy atom. The normalized spacial score (nSPS) is 12.1. The first-order chi connectivity index (χ1) is 28.2. The lowest BCUT2D eigenvalue weighted by atomic mass is 10.0. The van der Waals surface area contributed by atoms with E-state index in [0.717, 1.165) is 12.1 Å². The molecule has 6 aromatic carbocycles. The molecule has 0 spiro atoms. The summed E-state index contributed by atoms with van der Waals surface area (Å²) in [6, 6.07) is 18.7. The van der Waals surface area contributed by atoms with Gasteiger partial charge in [-0.05, 0) is 66.0 Å². The number of carboxylic acid groups (broad SMARTS) is 2. The number of nitrogens with zero attached hydrogens (tertiary/aromatic N) is 6. The van der Waals surface area contributed by atoms with E-state index in [4.69, 9.17) is 16.2 Å². The standard InChI is InChI=1S/C34H23N7O15S3/c35-28-23(39-37-21-7-3-1-5-18(21)33(44)45)14-26(59(50,51)52)20-13-25(58-56-54-49)30(32(43)27(20)28)40-36-16-9-10-17-15(11-16)12-24(57-55-53-48)29(31(17)42)41-38-22-8-4-2-6-19(22)34(46)47/h1-14,42-43,48-49H,35H2,(H,44,45)(H,46,47)(H,50,51,52). The number of fused-ring (bicyclic) bond motifs is 2. The van der Waals surface area contributed by atoms with Crippen molar-refractivity contribution in [3.8, 4) is 11.5 Å². The molecule has 0 fully saturated rings. The number of rotatable bonds is 15. The number of azo groups is 3. The Labute approximate surface area is 337 Å². The average Bonchev–Trinajstić information content (AvgIpc) is 3.20. The Morgan fingerprint density at radius 1 is 0.627 bits per heavy atom. The molecule has 6 rings (SSSR count). The molecule has 0 saturated carbocycles. The van der Waals surface area contributed by atoms with Gasteiger partial charge in [-0.1, -0.05) is 34.3 Å². The van der Waals surface area contributed by atoms with E-state index in [1.54, 1.807) is 0 Å². The molecule has 0 heterocycles. The van der Waals surface area contributed by atoms with Gasteiger partial charge in [-0.3, -0.25) is 4.55 Å². The number of phenols is 2. The van der Waals surface area contributed by atoms with Crippen molar-refractivity contribution < 1.29 is 72.2 Å². The van der Waals surface area contributed by atoms with Gasteiger partial charge in [-0.15, -0.1) is 34.2 Å². The molecule has 22 nitrogen and oxygen atoms in total. The number of nitrogens with two attached hydrogens (primary N) is 1. The van der Waals surface area contributed by atoms with Crippen molar-refractivity contribution in [3.05, 3.63) is 96.1 Å². The Balaban J connectivity index is 1.47. The first-order valence-electron chi connectivity index (χ1n) is 15.8. The van der Waals surface area contributed by atoms with E-state index in [-0.39, 0.29) is 71.9 Å². The second-order valence-electron chi connectivity index (χ2n) is 11.5. The Hall–Kier alpha value is -6.65. The third-order valence-corrected chi connectivity index (χ3v) is 10.1. The van der Waals surface area contributed by atoms with Crippen LogP contribution in [0.25, 0.3) is 21.5 Å². The van der Waals surface area contributed by atoms with Gasteiger partial charge in [0.15, 0.2) is 11.5 Å². The zero-order valence-electron chi connectivity index (χ0n) is 29.0. The summed E-state index contributed by atoms with van der Waals surface area (Å²) in [5, 5.41) is 90.5. The third-order valence-electron chi connectivity index (χ3n) is 8.00. The van der Waals surface area contributed by atoms with E-state index < -0.39 is 60.9 Å². The molecule has 59 heavy (non-hydrogen) atoms. The van der Waals surface area contributed by atoms with Crippen LogP contribution in [-0.4, -0.2) is 55.8 Å². The molecule has 0 aliphatic carbocycles. The molecule has 9 N–H and O–H groups in total. The fraction of sp³-hybridized carbons (Fsp3) is 0. The van der Waals surface area contributed by atoms with Crippen LogP contribution in [0.15, 0.2) is 130 Å². The zero-order valence-corrected chi connectivity index (χ0v) is 31.4. The van der Waals surface area contributed by atoms with Gasteiger partial charge in [0.1, 0.15) is 33.3 Å². The maximum absolute atomic E-state index is 12.6. The van der Waals surface area contributed by atoms with Gasteiger partial charge in [0.05, 0.1) is 61.8 Å². The average molecular weight is 866 g/mol. The number of benzene rings is 6. The van der Waals surface area contributed by atoms with Gasteiger partial charge in [0.25, 0.3) is 10.1 Å². The van der Waals surface area contributed by atoms with Gasteiger partial charge in [-0.2, -0.15) is 13.5 Å². The highest BCUT2D eigenvalue weighted by atomic mass is 32.2. The van der Waals surface area contributed by atoms with Crippen LogP contribution >= 0.6 is 24.1 Å². The molecule has 0 saturated heterocycles. The minimum Gasteiger partial charge on any atom is -0.505 e. The molecule has 0 amide bonds. The molecule has 0 atom stereocenters. The Kier molecular flexibility index (Phi) is 12.7.